The van der Waals surface area contributed by atoms with Crippen molar-refractivity contribution in [3.05, 3.63) is 63.3 Å². The second-order valence-corrected chi connectivity index (χ2v) is 11.7. The van der Waals surface area contributed by atoms with Crippen LogP contribution in [0.5, 0.6) is 0 Å². The molecule has 2 saturated carbocycles. The monoisotopic (exact) mass is 570 g/mol. The first-order valence-electron chi connectivity index (χ1n) is 13.4. The molecule has 2 aliphatic carbocycles. The van der Waals surface area contributed by atoms with Gasteiger partial charge in [-0.2, -0.15) is 0 Å². The van der Waals surface area contributed by atoms with Crippen LogP contribution in [0.15, 0.2) is 35.3 Å². The molecule has 1 aromatic carbocycles. The van der Waals surface area contributed by atoms with Gasteiger partial charge < -0.3 is 20.1 Å². The quantitative estimate of drug-likeness (QED) is 0.424. The first kappa shape index (κ1) is 28.5. The molecule has 5 rings (SSSR count). The molecular formula is C28H32F6N4O2. The molecule has 0 radical (unpaired) electrons. The van der Waals surface area contributed by atoms with Crippen LogP contribution in [0, 0.1) is 11.2 Å². The third-order valence-electron chi connectivity index (χ3n) is 8.52. The fraction of sp³-hybridized carbons (Fsp3) is 0.571. The Balaban J connectivity index is 1.42. The summed E-state index contributed by atoms with van der Waals surface area (Å²) in [6.45, 7) is 2.21. The number of hydrogen-bond acceptors (Lipinski definition) is 4. The molecule has 12 heteroatoms. The van der Waals surface area contributed by atoms with Crippen LogP contribution in [0.25, 0.3) is 0 Å². The van der Waals surface area contributed by atoms with Gasteiger partial charge in [0.2, 0.25) is 5.92 Å². The van der Waals surface area contributed by atoms with E-state index in [1.54, 1.807) is 7.05 Å². The van der Waals surface area contributed by atoms with E-state index in [0.29, 0.717) is 25.8 Å². The molecule has 3 atom stereocenters. The molecule has 1 aliphatic heterocycles. The number of piperidine rings is 1. The highest BCUT2D eigenvalue weighted by atomic mass is 19.3. The number of rotatable bonds is 7. The summed E-state index contributed by atoms with van der Waals surface area (Å²) in [5.41, 5.74) is -1.81. The first-order chi connectivity index (χ1) is 18.8. The number of amides is 1. The SMILES string of the molecule is C[C@@H](NC(=O)c1cn(C2CC3(C2)CC(F)(F)C3)c(=O)cc1N[C@@H]1CCN(C)C[C@@H]1F)c1cccc(C(F)F)c1F. The fourth-order valence-corrected chi connectivity index (χ4v) is 6.45. The molecule has 2 aromatic rings. The maximum atomic E-state index is 14.8. The van der Waals surface area contributed by atoms with Gasteiger partial charge in [-0.05, 0) is 38.6 Å². The number of nitrogens with zero attached hydrogens (tertiary/aromatic N) is 2. The Hall–Kier alpha value is -3.02. The zero-order valence-electron chi connectivity index (χ0n) is 22.2. The Morgan fingerprint density at radius 1 is 1.15 bits per heavy atom. The molecule has 40 heavy (non-hydrogen) atoms. The summed E-state index contributed by atoms with van der Waals surface area (Å²) in [6.07, 6.45) is -2.27. The van der Waals surface area contributed by atoms with Crippen LogP contribution in [0.4, 0.5) is 32.0 Å². The molecular weight excluding hydrogens is 538 g/mol. The lowest BCUT2D eigenvalue weighted by molar-refractivity contribution is -0.203. The summed E-state index contributed by atoms with van der Waals surface area (Å²) in [5, 5.41) is 5.60. The number of benzene rings is 1. The molecule has 218 valence electrons. The summed E-state index contributed by atoms with van der Waals surface area (Å²) in [7, 11) is 1.79. The molecule has 0 unspecified atom stereocenters. The van der Waals surface area contributed by atoms with E-state index in [9.17, 15) is 35.9 Å². The molecule has 3 fully saturated rings. The number of carbonyl (C=O) groups is 1. The van der Waals surface area contributed by atoms with Crippen LogP contribution >= 0.6 is 0 Å². The minimum atomic E-state index is -3.04. The molecule has 1 saturated heterocycles. The van der Waals surface area contributed by atoms with Crippen molar-refractivity contribution in [2.45, 2.75) is 75.7 Å². The van der Waals surface area contributed by atoms with Gasteiger partial charge in [0.25, 0.3) is 17.9 Å². The minimum Gasteiger partial charge on any atom is -0.378 e. The molecule has 1 aromatic heterocycles. The van der Waals surface area contributed by atoms with Crippen LogP contribution in [0.3, 0.4) is 0 Å². The van der Waals surface area contributed by atoms with Gasteiger partial charge in [0.15, 0.2) is 0 Å². The maximum absolute atomic E-state index is 14.8. The van der Waals surface area contributed by atoms with Gasteiger partial charge in [0.05, 0.1) is 28.9 Å². The number of pyridine rings is 1. The number of alkyl halides is 5. The number of likely N-dealkylation sites (tertiary alicyclic amines) is 1. The molecule has 6 nitrogen and oxygen atoms in total. The minimum absolute atomic E-state index is 0.0112. The van der Waals surface area contributed by atoms with E-state index in [1.807, 2.05) is 4.90 Å². The highest BCUT2D eigenvalue weighted by Gasteiger charge is 2.62. The van der Waals surface area contributed by atoms with Crippen molar-refractivity contribution in [2.24, 2.45) is 5.41 Å². The van der Waals surface area contributed by atoms with Crippen LogP contribution in [-0.2, 0) is 0 Å². The summed E-state index contributed by atoms with van der Waals surface area (Å²) >= 11 is 0. The van der Waals surface area contributed by atoms with Crippen LogP contribution in [0.1, 0.15) is 79.0 Å². The van der Waals surface area contributed by atoms with Crippen molar-refractivity contribution in [3.8, 4) is 0 Å². The molecule has 0 bridgehead atoms. The molecule has 2 heterocycles. The van der Waals surface area contributed by atoms with Crippen LogP contribution < -0.4 is 16.2 Å². The second-order valence-electron chi connectivity index (χ2n) is 11.7. The Bertz CT molecular complexity index is 1330. The second kappa shape index (κ2) is 10.4. The van der Waals surface area contributed by atoms with Crippen molar-refractivity contribution >= 4 is 11.6 Å². The van der Waals surface area contributed by atoms with Crippen LogP contribution in [-0.4, -0.2) is 53.6 Å². The van der Waals surface area contributed by atoms with Crippen molar-refractivity contribution in [3.63, 3.8) is 0 Å². The van der Waals surface area contributed by atoms with Crippen LogP contribution in [0.2, 0.25) is 0 Å². The zero-order valence-corrected chi connectivity index (χ0v) is 22.2. The smallest absolute Gasteiger partial charge is 0.266 e. The largest absolute Gasteiger partial charge is 0.378 e. The predicted molar refractivity (Wildman–Crippen MR) is 137 cm³/mol. The number of carbonyl (C=O) groups excluding carboxylic acids is 1. The number of anilines is 1. The van der Waals surface area contributed by atoms with Crippen molar-refractivity contribution in [1.82, 2.24) is 14.8 Å². The van der Waals surface area contributed by atoms with E-state index < -0.39 is 58.9 Å². The number of halogens is 6. The van der Waals surface area contributed by atoms with Gasteiger partial charge in [0, 0.05) is 49.8 Å². The van der Waals surface area contributed by atoms with E-state index in [4.69, 9.17) is 0 Å². The lowest BCUT2D eigenvalue weighted by atomic mass is 9.52. The topological polar surface area (TPSA) is 66.4 Å². The van der Waals surface area contributed by atoms with Gasteiger partial charge in [-0.3, -0.25) is 9.59 Å². The normalized spacial score (nSPS) is 24.8. The average molecular weight is 571 g/mol. The van der Waals surface area contributed by atoms with E-state index in [1.165, 1.54) is 35.9 Å². The predicted octanol–water partition coefficient (Wildman–Crippen LogP) is 5.62. The zero-order chi connectivity index (χ0) is 29.0. The lowest BCUT2D eigenvalue weighted by Gasteiger charge is -2.57. The maximum Gasteiger partial charge on any atom is 0.266 e. The van der Waals surface area contributed by atoms with Crippen molar-refractivity contribution in [1.29, 1.82) is 0 Å². The molecule has 1 spiro atoms. The summed E-state index contributed by atoms with van der Waals surface area (Å²) in [5.74, 6) is -4.55. The highest BCUT2D eigenvalue weighted by Crippen LogP contribution is 2.65. The van der Waals surface area contributed by atoms with E-state index >= 15 is 0 Å². The Kier molecular flexibility index (Phi) is 7.43. The summed E-state index contributed by atoms with van der Waals surface area (Å²) in [4.78, 5) is 28.4. The molecule has 1 amide bonds. The highest BCUT2D eigenvalue weighted by molar-refractivity contribution is 5.99. The lowest BCUT2D eigenvalue weighted by Crippen LogP contribution is -2.55. The Morgan fingerprint density at radius 2 is 1.82 bits per heavy atom. The third-order valence-corrected chi connectivity index (χ3v) is 8.52. The third kappa shape index (κ3) is 5.46. The number of hydrogen-bond donors (Lipinski definition) is 2. The van der Waals surface area contributed by atoms with Crippen molar-refractivity contribution < 1.29 is 31.1 Å². The van der Waals surface area contributed by atoms with E-state index in [2.05, 4.69) is 10.6 Å². The molecule has 2 N–H and O–H groups in total. The Morgan fingerprint density at radius 3 is 2.45 bits per heavy atom. The van der Waals surface area contributed by atoms with Gasteiger partial charge in [0.1, 0.15) is 12.0 Å². The fourth-order valence-electron chi connectivity index (χ4n) is 6.45. The van der Waals surface area contributed by atoms with Gasteiger partial charge in [-0.25, -0.2) is 26.3 Å². The standard InChI is InChI=1S/C28H32F6N4O2/c1-15(17-4-3-5-18(24(17)30)25(31)32)35-26(40)19-11-38(16-9-27(10-16)13-28(33,34)14-27)23(39)8-22(19)36-21-6-7-37(2)12-20(21)29/h3-5,8,11,15-16,20-21,25,36H,6-7,9-10,12-14H2,1-2H3,(H,35,40)/t15-,20+,21-/m1/s1. The van der Waals surface area contributed by atoms with Gasteiger partial charge in [-0.15, -0.1) is 0 Å². The first-order valence-corrected chi connectivity index (χ1v) is 13.4. The number of aromatic nitrogens is 1. The summed E-state index contributed by atoms with van der Waals surface area (Å²) in [6, 6.07) is 2.67. The van der Waals surface area contributed by atoms with Gasteiger partial charge >= 0.3 is 0 Å². The molecule has 3 aliphatic rings. The average Bonchev–Trinajstić information content (AvgIpc) is 2.82. The van der Waals surface area contributed by atoms with Crippen molar-refractivity contribution in [2.75, 3.05) is 25.5 Å². The van der Waals surface area contributed by atoms with Gasteiger partial charge in [-0.1, -0.05) is 18.2 Å². The Labute approximate surface area is 227 Å². The van der Waals surface area contributed by atoms with E-state index in [0.717, 1.165) is 6.07 Å². The van der Waals surface area contributed by atoms with E-state index in [-0.39, 0.29) is 42.2 Å². The summed E-state index contributed by atoms with van der Waals surface area (Å²) < 4.78 is 84.3. The number of nitrogens with one attached hydrogen (secondary N) is 2.